The molecule has 1 heterocycles. The van der Waals surface area contributed by atoms with Gasteiger partial charge < -0.3 is 5.32 Å². The topological polar surface area (TPSA) is 12.0 Å². The Bertz CT molecular complexity index is 794. The van der Waals surface area contributed by atoms with E-state index < -0.39 is 0 Å². The molecule has 1 aliphatic heterocycles. The quantitative estimate of drug-likeness (QED) is 0.645. The van der Waals surface area contributed by atoms with Crippen LogP contribution in [0.1, 0.15) is 17.2 Å². The molecule has 0 amide bonds. The lowest BCUT2D eigenvalue weighted by Gasteiger charge is -2.11. The van der Waals surface area contributed by atoms with Crippen LogP contribution in [-0.2, 0) is 6.42 Å². The minimum Gasteiger partial charge on any atom is -0.378 e. The molecule has 0 bridgehead atoms. The first-order valence-corrected chi connectivity index (χ1v) is 7.22. The van der Waals surface area contributed by atoms with Crippen LogP contribution in [0.15, 0.2) is 60.7 Å². The molecule has 0 spiro atoms. The Balaban J connectivity index is 1.78. The standard InChI is InChI=1S/C18H14ClN/c19-14-6-3-5-13(10-14)18-11-16-15-7-2-1-4-12(15)8-9-17(16)20-18/h1-10,18,20H,11H2. The maximum atomic E-state index is 6.10. The van der Waals surface area contributed by atoms with Gasteiger partial charge >= 0.3 is 0 Å². The molecule has 20 heavy (non-hydrogen) atoms. The average molecular weight is 280 g/mol. The van der Waals surface area contributed by atoms with Crippen molar-refractivity contribution >= 4 is 28.1 Å². The van der Waals surface area contributed by atoms with Crippen LogP contribution in [0.4, 0.5) is 5.69 Å². The zero-order valence-electron chi connectivity index (χ0n) is 10.9. The Morgan fingerprint density at radius 2 is 1.85 bits per heavy atom. The number of anilines is 1. The van der Waals surface area contributed by atoms with Crippen molar-refractivity contribution in [3.05, 3.63) is 76.8 Å². The van der Waals surface area contributed by atoms with Gasteiger partial charge in [0.05, 0.1) is 6.04 Å². The summed E-state index contributed by atoms with van der Waals surface area (Å²) in [6, 6.07) is 21.4. The van der Waals surface area contributed by atoms with E-state index in [0.29, 0.717) is 6.04 Å². The summed E-state index contributed by atoms with van der Waals surface area (Å²) in [5.41, 5.74) is 3.90. The molecule has 0 saturated heterocycles. The summed E-state index contributed by atoms with van der Waals surface area (Å²) >= 11 is 6.10. The van der Waals surface area contributed by atoms with E-state index in [1.807, 2.05) is 18.2 Å². The third kappa shape index (κ3) is 1.86. The van der Waals surface area contributed by atoms with Crippen LogP contribution in [0.25, 0.3) is 10.8 Å². The van der Waals surface area contributed by atoms with Gasteiger partial charge in [0, 0.05) is 10.7 Å². The first kappa shape index (κ1) is 11.8. The van der Waals surface area contributed by atoms with Gasteiger partial charge in [0.25, 0.3) is 0 Å². The first-order valence-electron chi connectivity index (χ1n) is 6.84. The molecule has 1 aliphatic rings. The lowest BCUT2D eigenvalue weighted by atomic mass is 9.98. The fourth-order valence-electron chi connectivity index (χ4n) is 3.06. The molecular weight excluding hydrogens is 266 g/mol. The second-order valence-electron chi connectivity index (χ2n) is 5.27. The summed E-state index contributed by atoms with van der Waals surface area (Å²) in [7, 11) is 0. The largest absolute Gasteiger partial charge is 0.378 e. The molecule has 1 atom stereocenters. The Labute approximate surface area is 123 Å². The van der Waals surface area contributed by atoms with Crippen LogP contribution >= 0.6 is 11.6 Å². The second kappa shape index (κ2) is 4.53. The highest BCUT2D eigenvalue weighted by Gasteiger charge is 2.23. The monoisotopic (exact) mass is 279 g/mol. The van der Waals surface area contributed by atoms with E-state index in [1.165, 1.54) is 27.6 Å². The van der Waals surface area contributed by atoms with Crippen LogP contribution < -0.4 is 5.32 Å². The van der Waals surface area contributed by atoms with Gasteiger partial charge in [0.1, 0.15) is 0 Å². The molecule has 3 aromatic rings. The van der Waals surface area contributed by atoms with E-state index in [2.05, 4.69) is 47.8 Å². The number of benzene rings is 3. The molecule has 0 radical (unpaired) electrons. The van der Waals surface area contributed by atoms with Gasteiger partial charge in [-0.05, 0) is 46.5 Å². The predicted molar refractivity (Wildman–Crippen MR) is 85.5 cm³/mol. The van der Waals surface area contributed by atoms with Crippen LogP contribution in [0.3, 0.4) is 0 Å². The summed E-state index contributed by atoms with van der Waals surface area (Å²) in [5, 5.41) is 7.06. The third-order valence-corrected chi connectivity index (χ3v) is 4.26. The first-order chi connectivity index (χ1) is 9.81. The maximum Gasteiger partial charge on any atom is 0.0555 e. The molecule has 0 saturated carbocycles. The molecule has 1 unspecified atom stereocenters. The predicted octanol–water partition coefficient (Wildman–Crippen LogP) is 5.20. The lowest BCUT2D eigenvalue weighted by Crippen LogP contribution is -2.05. The fraction of sp³-hybridized carbons (Fsp3) is 0.111. The normalized spacial score (nSPS) is 16.9. The van der Waals surface area contributed by atoms with Crippen LogP contribution in [-0.4, -0.2) is 0 Å². The summed E-state index contributed by atoms with van der Waals surface area (Å²) in [6.45, 7) is 0. The van der Waals surface area contributed by atoms with E-state index in [0.717, 1.165) is 11.4 Å². The van der Waals surface area contributed by atoms with Gasteiger partial charge in [-0.2, -0.15) is 0 Å². The van der Waals surface area contributed by atoms with E-state index in [4.69, 9.17) is 11.6 Å². The van der Waals surface area contributed by atoms with Gasteiger partial charge in [-0.25, -0.2) is 0 Å². The van der Waals surface area contributed by atoms with Crippen molar-refractivity contribution in [3.63, 3.8) is 0 Å². The fourth-order valence-corrected chi connectivity index (χ4v) is 3.26. The van der Waals surface area contributed by atoms with Crippen molar-refractivity contribution in [2.45, 2.75) is 12.5 Å². The number of nitrogens with one attached hydrogen (secondary N) is 1. The molecular formula is C18H14ClN. The van der Waals surface area contributed by atoms with Gasteiger partial charge in [-0.1, -0.05) is 54.1 Å². The van der Waals surface area contributed by atoms with E-state index in [9.17, 15) is 0 Å². The van der Waals surface area contributed by atoms with Crippen molar-refractivity contribution in [2.24, 2.45) is 0 Å². The van der Waals surface area contributed by atoms with E-state index in [1.54, 1.807) is 0 Å². The Morgan fingerprint density at radius 1 is 0.950 bits per heavy atom. The molecule has 0 fully saturated rings. The van der Waals surface area contributed by atoms with E-state index in [-0.39, 0.29) is 0 Å². The molecule has 4 rings (SSSR count). The minimum absolute atomic E-state index is 0.314. The SMILES string of the molecule is Clc1cccc(C2Cc3c(ccc4ccccc34)N2)c1. The molecule has 3 aromatic carbocycles. The molecule has 98 valence electrons. The highest BCUT2D eigenvalue weighted by atomic mass is 35.5. The van der Waals surface area contributed by atoms with Gasteiger partial charge in [-0.3, -0.25) is 0 Å². The summed E-state index contributed by atoms with van der Waals surface area (Å²) in [5.74, 6) is 0. The van der Waals surface area contributed by atoms with Crippen molar-refractivity contribution in [3.8, 4) is 0 Å². The smallest absolute Gasteiger partial charge is 0.0555 e. The Hall–Kier alpha value is -1.99. The lowest BCUT2D eigenvalue weighted by molar-refractivity contribution is 0.827. The highest BCUT2D eigenvalue weighted by molar-refractivity contribution is 6.30. The van der Waals surface area contributed by atoms with E-state index >= 15 is 0 Å². The molecule has 2 heteroatoms. The third-order valence-electron chi connectivity index (χ3n) is 4.03. The van der Waals surface area contributed by atoms with Gasteiger partial charge in [-0.15, -0.1) is 0 Å². The van der Waals surface area contributed by atoms with Crippen molar-refractivity contribution < 1.29 is 0 Å². The summed E-state index contributed by atoms with van der Waals surface area (Å²) in [6.07, 6.45) is 1.01. The van der Waals surface area contributed by atoms with Gasteiger partial charge in [0.15, 0.2) is 0 Å². The van der Waals surface area contributed by atoms with Crippen LogP contribution in [0, 0.1) is 0 Å². The molecule has 1 N–H and O–H groups in total. The maximum absolute atomic E-state index is 6.10. The van der Waals surface area contributed by atoms with Crippen molar-refractivity contribution in [2.75, 3.05) is 5.32 Å². The number of rotatable bonds is 1. The van der Waals surface area contributed by atoms with Crippen LogP contribution in [0.2, 0.25) is 5.02 Å². The molecule has 0 aliphatic carbocycles. The minimum atomic E-state index is 0.314. The second-order valence-corrected chi connectivity index (χ2v) is 5.71. The zero-order chi connectivity index (χ0) is 13.5. The van der Waals surface area contributed by atoms with Crippen molar-refractivity contribution in [1.82, 2.24) is 0 Å². The van der Waals surface area contributed by atoms with Crippen LogP contribution in [0.5, 0.6) is 0 Å². The molecule has 1 nitrogen and oxygen atoms in total. The number of halogens is 1. The zero-order valence-corrected chi connectivity index (χ0v) is 11.7. The Morgan fingerprint density at radius 3 is 2.75 bits per heavy atom. The number of hydrogen-bond acceptors (Lipinski definition) is 1. The highest BCUT2D eigenvalue weighted by Crippen LogP contribution is 2.38. The summed E-state index contributed by atoms with van der Waals surface area (Å²) in [4.78, 5) is 0. The Kier molecular flexibility index (Phi) is 2.68. The average Bonchev–Trinajstić information content (AvgIpc) is 2.92. The van der Waals surface area contributed by atoms with Crippen molar-refractivity contribution in [1.29, 1.82) is 0 Å². The van der Waals surface area contributed by atoms with Gasteiger partial charge in [0.2, 0.25) is 0 Å². The number of hydrogen-bond donors (Lipinski definition) is 1. The number of fused-ring (bicyclic) bond motifs is 3. The molecule has 0 aromatic heterocycles. The summed E-state index contributed by atoms with van der Waals surface area (Å²) < 4.78 is 0.